The van der Waals surface area contributed by atoms with Crippen LogP contribution in [0.1, 0.15) is 117 Å². The Labute approximate surface area is 172 Å². The summed E-state index contributed by atoms with van der Waals surface area (Å²) in [5.41, 5.74) is 0. The van der Waals surface area contributed by atoms with Gasteiger partial charge in [0.1, 0.15) is 0 Å². The van der Waals surface area contributed by atoms with Crippen molar-refractivity contribution in [3.05, 3.63) is 0 Å². The Kier molecular flexibility index (Phi) is 13.8. The van der Waals surface area contributed by atoms with Gasteiger partial charge in [-0.1, -0.05) is 97.3 Å². The van der Waals surface area contributed by atoms with Crippen LogP contribution in [-0.4, -0.2) is 34.9 Å². The monoisotopic (exact) mass is 400 g/mol. The maximum Gasteiger partial charge on any atom is 0.369 e. The Morgan fingerprint density at radius 2 is 1.46 bits per heavy atom. The molecule has 1 aliphatic rings. The topological polar surface area (TPSA) is 76.0 Å². The van der Waals surface area contributed by atoms with Crippen molar-refractivity contribution < 1.29 is 24.5 Å². The van der Waals surface area contributed by atoms with Gasteiger partial charge in [-0.15, -0.1) is 0 Å². The van der Waals surface area contributed by atoms with Gasteiger partial charge in [0.25, 0.3) is 5.79 Å². The number of carbonyl (C=O) groups excluding carboxylic acids is 1. The van der Waals surface area contributed by atoms with Crippen LogP contribution in [0.15, 0.2) is 0 Å². The minimum atomic E-state index is -2.43. The molecule has 2 unspecified atom stereocenters. The van der Waals surface area contributed by atoms with Gasteiger partial charge in [0.2, 0.25) is 6.29 Å². The van der Waals surface area contributed by atoms with Crippen molar-refractivity contribution >= 4 is 5.97 Å². The molecule has 0 radical (unpaired) electrons. The number of carbonyl (C=O) groups is 1. The first kappa shape index (κ1) is 25.4. The van der Waals surface area contributed by atoms with Crippen molar-refractivity contribution in [2.24, 2.45) is 5.92 Å². The van der Waals surface area contributed by atoms with E-state index in [1.54, 1.807) is 6.92 Å². The molecule has 2 N–H and O–H groups in total. The Morgan fingerprint density at radius 3 is 1.93 bits per heavy atom. The first-order valence-corrected chi connectivity index (χ1v) is 11.8. The molecule has 1 heterocycles. The summed E-state index contributed by atoms with van der Waals surface area (Å²) in [6, 6.07) is 0. The SMILES string of the molecule is CCCCCCCCCCCCCCCC(C)C(O)(O)C(=O)OC1CCCO1. The van der Waals surface area contributed by atoms with Crippen LogP contribution in [0.5, 0.6) is 0 Å². The molecule has 28 heavy (non-hydrogen) atoms. The van der Waals surface area contributed by atoms with Crippen molar-refractivity contribution in [1.29, 1.82) is 0 Å². The summed E-state index contributed by atoms with van der Waals surface area (Å²) < 4.78 is 10.3. The minimum Gasteiger partial charge on any atom is -0.432 e. The zero-order valence-electron chi connectivity index (χ0n) is 18.3. The number of esters is 1. The Morgan fingerprint density at radius 1 is 0.964 bits per heavy atom. The summed E-state index contributed by atoms with van der Waals surface area (Å²) in [7, 11) is 0. The highest BCUT2D eigenvalue weighted by Gasteiger charge is 2.42. The third-order valence-electron chi connectivity index (χ3n) is 5.85. The predicted molar refractivity (Wildman–Crippen MR) is 112 cm³/mol. The van der Waals surface area contributed by atoms with Gasteiger partial charge in [-0.05, 0) is 12.8 Å². The molecule has 0 aromatic rings. The molecule has 5 nitrogen and oxygen atoms in total. The van der Waals surface area contributed by atoms with Crippen LogP contribution in [0.3, 0.4) is 0 Å². The fourth-order valence-electron chi connectivity index (χ4n) is 3.72. The van der Waals surface area contributed by atoms with E-state index in [1.807, 2.05) is 0 Å². The van der Waals surface area contributed by atoms with Gasteiger partial charge in [0.15, 0.2) is 0 Å². The lowest BCUT2D eigenvalue weighted by atomic mass is 9.93. The smallest absolute Gasteiger partial charge is 0.369 e. The zero-order chi connectivity index (χ0) is 20.7. The van der Waals surface area contributed by atoms with Gasteiger partial charge in [0, 0.05) is 12.3 Å². The predicted octanol–water partition coefficient (Wildman–Crippen LogP) is 5.46. The Balaban J connectivity index is 1.97. The van der Waals surface area contributed by atoms with Crippen LogP contribution < -0.4 is 0 Å². The molecule has 0 saturated carbocycles. The second kappa shape index (κ2) is 15.2. The molecule has 0 aromatic heterocycles. The van der Waals surface area contributed by atoms with E-state index >= 15 is 0 Å². The Hall–Kier alpha value is -0.650. The van der Waals surface area contributed by atoms with Crippen molar-refractivity contribution in [3.8, 4) is 0 Å². The first-order chi connectivity index (χ1) is 13.5. The average Bonchev–Trinajstić information content (AvgIpc) is 3.18. The fraction of sp³-hybridized carbons (Fsp3) is 0.957. The van der Waals surface area contributed by atoms with E-state index in [4.69, 9.17) is 9.47 Å². The first-order valence-electron chi connectivity index (χ1n) is 11.8. The molecule has 5 heteroatoms. The molecule has 1 aliphatic heterocycles. The summed E-state index contributed by atoms with van der Waals surface area (Å²) >= 11 is 0. The molecule has 166 valence electrons. The summed E-state index contributed by atoms with van der Waals surface area (Å²) in [6.45, 7) is 4.50. The number of rotatable bonds is 17. The standard InChI is InChI=1S/C23H44O5/c1-3-4-5-6-7-8-9-10-11-12-13-14-15-17-20(2)23(25,26)22(24)28-21-18-16-19-27-21/h20-21,25-26H,3-19H2,1-2H3. The quantitative estimate of drug-likeness (QED) is 0.192. The van der Waals surface area contributed by atoms with E-state index < -0.39 is 24.0 Å². The molecule has 0 bridgehead atoms. The maximum atomic E-state index is 12.0. The van der Waals surface area contributed by atoms with E-state index in [2.05, 4.69) is 6.92 Å². The molecule has 0 aromatic carbocycles. The zero-order valence-corrected chi connectivity index (χ0v) is 18.3. The van der Waals surface area contributed by atoms with E-state index in [1.165, 1.54) is 70.6 Å². The molecule has 1 rings (SSSR count). The summed E-state index contributed by atoms with van der Waals surface area (Å²) in [5.74, 6) is -3.96. The second-order valence-corrected chi connectivity index (χ2v) is 8.51. The van der Waals surface area contributed by atoms with Crippen LogP contribution in [0.25, 0.3) is 0 Å². The van der Waals surface area contributed by atoms with Crippen LogP contribution >= 0.6 is 0 Å². The summed E-state index contributed by atoms with van der Waals surface area (Å²) in [6.07, 6.45) is 18.0. The number of hydrogen-bond donors (Lipinski definition) is 2. The maximum absolute atomic E-state index is 12.0. The molecular formula is C23H44O5. The second-order valence-electron chi connectivity index (χ2n) is 8.51. The third kappa shape index (κ3) is 10.8. The number of aliphatic hydroxyl groups is 2. The Bertz CT molecular complexity index is 390. The average molecular weight is 401 g/mol. The van der Waals surface area contributed by atoms with Gasteiger partial charge in [0.05, 0.1) is 6.61 Å². The molecule has 1 fully saturated rings. The molecule has 0 amide bonds. The van der Waals surface area contributed by atoms with Gasteiger partial charge in [-0.2, -0.15) is 0 Å². The van der Waals surface area contributed by atoms with Crippen molar-refractivity contribution in [1.82, 2.24) is 0 Å². The van der Waals surface area contributed by atoms with Crippen molar-refractivity contribution in [2.75, 3.05) is 6.61 Å². The minimum absolute atomic E-state index is 0.547. The lowest BCUT2D eigenvalue weighted by Crippen LogP contribution is -2.47. The van der Waals surface area contributed by atoms with E-state index in [9.17, 15) is 15.0 Å². The fourth-order valence-corrected chi connectivity index (χ4v) is 3.72. The van der Waals surface area contributed by atoms with E-state index in [-0.39, 0.29) is 0 Å². The van der Waals surface area contributed by atoms with Crippen LogP contribution in [0, 0.1) is 5.92 Å². The largest absolute Gasteiger partial charge is 0.432 e. The molecule has 0 spiro atoms. The lowest BCUT2D eigenvalue weighted by Gasteiger charge is -2.27. The van der Waals surface area contributed by atoms with E-state index in [0.29, 0.717) is 19.4 Å². The van der Waals surface area contributed by atoms with Crippen LogP contribution in [0.4, 0.5) is 0 Å². The van der Waals surface area contributed by atoms with Gasteiger partial charge < -0.3 is 19.7 Å². The van der Waals surface area contributed by atoms with Crippen LogP contribution in [0.2, 0.25) is 0 Å². The normalized spacial score (nSPS) is 18.4. The summed E-state index contributed by atoms with van der Waals surface area (Å²) in [5, 5.41) is 20.3. The van der Waals surface area contributed by atoms with Crippen molar-refractivity contribution in [3.63, 3.8) is 0 Å². The van der Waals surface area contributed by atoms with Gasteiger partial charge in [-0.25, -0.2) is 4.79 Å². The van der Waals surface area contributed by atoms with Crippen molar-refractivity contribution in [2.45, 2.75) is 129 Å². The molecular weight excluding hydrogens is 356 g/mol. The summed E-state index contributed by atoms with van der Waals surface area (Å²) in [4.78, 5) is 12.0. The van der Waals surface area contributed by atoms with E-state index in [0.717, 1.165) is 19.3 Å². The molecule has 1 saturated heterocycles. The highest BCUT2D eigenvalue weighted by Crippen LogP contribution is 2.25. The molecule has 0 aliphatic carbocycles. The highest BCUT2D eigenvalue weighted by atomic mass is 16.7. The highest BCUT2D eigenvalue weighted by molar-refractivity contribution is 5.77. The number of unbranched alkanes of at least 4 members (excludes halogenated alkanes) is 12. The van der Waals surface area contributed by atoms with Gasteiger partial charge in [-0.3, -0.25) is 0 Å². The number of hydrogen-bond acceptors (Lipinski definition) is 5. The van der Waals surface area contributed by atoms with Crippen LogP contribution in [-0.2, 0) is 14.3 Å². The lowest BCUT2D eigenvalue weighted by molar-refractivity contribution is -0.242. The molecule has 2 atom stereocenters. The van der Waals surface area contributed by atoms with Gasteiger partial charge >= 0.3 is 5.97 Å². The number of ether oxygens (including phenoxy) is 2. The third-order valence-corrected chi connectivity index (χ3v) is 5.85.